The van der Waals surface area contributed by atoms with Crippen molar-refractivity contribution < 1.29 is 19.1 Å². The second kappa shape index (κ2) is 6.89. The molecule has 0 radical (unpaired) electrons. The smallest absolute Gasteiger partial charge is 0.331 e. The van der Waals surface area contributed by atoms with Gasteiger partial charge in [-0.2, -0.15) is 0 Å². The third-order valence-corrected chi connectivity index (χ3v) is 2.46. The molecule has 1 rings (SSSR count). The van der Waals surface area contributed by atoms with Gasteiger partial charge in [0, 0.05) is 12.2 Å². The maximum atomic E-state index is 11.3. The van der Waals surface area contributed by atoms with Crippen LogP contribution in [0.4, 0.5) is 0 Å². The van der Waals surface area contributed by atoms with Crippen molar-refractivity contribution in [1.29, 1.82) is 0 Å². The van der Waals surface area contributed by atoms with Crippen LogP contribution in [-0.2, 0) is 19.1 Å². The van der Waals surface area contributed by atoms with Crippen molar-refractivity contribution >= 4 is 11.9 Å². The van der Waals surface area contributed by atoms with Gasteiger partial charge in [-0.05, 0) is 44.3 Å². The number of carbonyl (C=O) groups is 2. The largest absolute Gasteiger partial charge is 0.463 e. The van der Waals surface area contributed by atoms with Crippen LogP contribution in [-0.4, -0.2) is 25.2 Å². The zero-order valence-electron chi connectivity index (χ0n) is 10.3. The second-order valence-electron chi connectivity index (χ2n) is 3.70. The molecule has 17 heavy (non-hydrogen) atoms. The highest BCUT2D eigenvalue weighted by Gasteiger charge is 2.16. The Balaban J connectivity index is 2.72. The molecule has 0 bridgehead atoms. The molecule has 0 aliphatic heterocycles. The molecule has 94 valence electrons. The summed E-state index contributed by atoms with van der Waals surface area (Å²) in [6.45, 7) is 4.25. The Labute approximate surface area is 101 Å². The van der Waals surface area contributed by atoms with Crippen molar-refractivity contribution in [2.24, 2.45) is 0 Å². The summed E-state index contributed by atoms with van der Waals surface area (Å²) in [4.78, 5) is 22.6. The average Bonchev–Trinajstić information content (AvgIpc) is 2.66. The number of hydrogen-bond acceptors (Lipinski definition) is 4. The molecule has 0 spiro atoms. The van der Waals surface area contributed by atoms with E-state index in [4.69, 9.17) is 9.47 Å². The number of esters is 2. The monoisotopic (exact) mass is 238 g/mol. The Hall–Kier alpha value is -1.58. The third-order valence-electron chi connectivity index (χ3n) is 2.46. The van der Waals surface area contributed by atoms with Gasteiger partial charge in [0.2, 0.25) is 0 Å². The number of hydrogen-bond donors (Lipinski definition) is 0. The number of rotatable bonds is 4. The molecule has 0 unspecified atom stereocenters. The maximum absolute atomic E-state index is 11.3. The first-order valence-electron chi connectivity index (χ1n) is 5.92. The molecular formula is C13H18O4. The number of allylic oxidation sites excluding steroid dienone is 2. The minimum atomic E-state index is -0.348. The molecule has 0 N–H and O–H groups in total. The summed E-state index contributed by atoms with van der Waals surface area (Å²) in [5.41, 5.74) is 1.77. The standard InChI is InChI=1S/C13H18O4/c1-3-16-12(14)8-10-6-5-7-11(10)9-13(15)17-4-2/h8-9H,3-7H2,1-2H3/b10-8-,11-9+. The molecule has 0 heterocycles. The van der Waals surface area contributed by atoms with E-state index in [0.717, 1.165) is 30.4 Å². The summed E-state index contributed by atoms with van der Waals surface area (Å²) in [5.74, 6) is -0.696. The maximum Gasteiger partial charge on any atom is 0.331 e. The molecular weight excluding hydrogens is 220 g/mol. The van der Waals surface area contributed by atoms with Gasteiger partial charge < -0.3 is 9.47 Å². The molecule has 1 fully saturated rings. The van der Waals surface area contributed by atoms with E-state index in [0.29, 0.717) is 13.2 Å². The topological polar surface area (TPSA) is 52.6 Å². The van der Waals surface area contributed by atoms with Crippen LogP contribution < -0.4 is 0 Å². The molecule has 4 heteroatoms. The van der Waals surface area contributed by atoms with Gasteiger partial charge in [0.25, 0.3) is 0 Å². The van der Waals surface area contributed by atoms with Gasteiger partial charge in [0.05, 0.1) is 13.2 Å². The Morgan fingerprint density at radius 1 is 1.00 bits per heavy atom. The van der Waals surface area contributed by atoms with E-state index in [1.807, 2.05) is 0 Å². The van der Waals surface area contributed by atoms with E-state index >= 15 is 0 Å². The lowest BCUT2D eigenvalue weighted by atomic mass is 10.1. The van der Waals surface area contributed by atoms with Crippen LogP contribution in [0.3, 0.4) is 0 Å². The summed E-state index contributed by atoms with van der Waals surface area (Å²) in [7, 11) is 0. The quantitative estimate of drug-likeness (QED) is 0.556. The highest BCUT2D eigenvalue weighted by atomic mass is 16.5. The molecule has 1 aliphatic rings. The fourth-order valence-electron chi connectivity index (χ4n) is 1.77. The average molecular weight is 238 g/mol. The van der Waals surface area contributed by atoms with Gasteiger partial charge >= 0.3 is 11.9 Å². The highest BCUT2D eigenvalue weighted by molar-refractivity contribution is 5.87. The summed E-state index contributed by atoms with van der Waals surface area (Å²) in [6, 6.07) is 0. The first-order valence-corrected chi connectivity index (χ1v) is 5.92. The van der Waals surface area contributed by atoms with Gasteiger partial charge in [-0.15, -0.1) is 0 Å². The van der Waals surface area contributed by atoms with E-state index in [1.54, 1.807) is 13.8 Å². The van der Waals surface area contributed by atoms with Crippen molar-refractivity contribution in [2.45, 2.75) is 33.1 Å². The van der Waals surface area contributed by atoms with Crippen molar-refractivity contribution in [3.8, 4) is 0 Å². The molecule has 4 nitrogen and oxygen atoms in total. The zero-order valence-corrected chi connectivity index (χ0v) is 10.3. The summed E-state index contributed by atoms with van der Waals surface area (Å²) >= 11 is 0. The van der Waals surface area contributed by atoms with Crippen LogP contribution >= 0.6 is 0 Å². The molecule has 0 amide bonds. The molecule has 0 aromatic rings. The molecule has 0 aromatic carbocycles. The van der Waals surface area contributed by atoms with Crippen molar-refractivity contribution in [3.63, 3.8) is 0 Å². The van der Waals surface area contributed by atoms with Crippen LogP contribution in [0.5, 0.6) is 0 Å². The summed E-state index contributed by atoms with van der Waals surface area (Å²) in [5, 5.41) is 0. The van der Waals surface area contributed by atoms with Gasteiger partial charge in [-0.3, -0.25) is 0 Å². The van der Waals surface area contributed by atoms with Crippen molar-refractivity contribution in [2.75, 3.05) is 13.2 Å². The fraction of sp³-hybridized carbons (Fsp3) is 0.538. The Bertz CT molecular complexity index is 318. The molecule has 1 aliphatic carbocycles. The van der Waals surface area contributed by atoms with Crippen LogP contribution in [0, 0.1) is 0 Å². The third kappa shape index (κ3) is 4.43. The van der Waals surface area contributed by atoms with E-state index in [-0.39, 0.29) is 11.9 Å². The van der Waals surface area contributed by atoms with E-state index in [9.17, 15) is 9.59 Å². The lowest BCUT2D eigenvalue weighted by Gasteiger charge is -2.02. The van der Waals surface area contributed by atoms with Gasteiger partial charge in [-0.25, -0.2) is 9.59 Å². The lowest BCUT2D eigenvalue weighted by Crippen LogP contribution is -2.03. The Morgan fingerprint density at radius 2 is 1.41 bits per heavy atom. The van der Waals surface area contributed by atoms with E-state index in [1.165, 1.54) is 12.2 Å². The van der Waals surface area contributed by atoms with Crippen molar-refractivity contribution in [3.05, 3.63) is 23.3 Å². The lowest BCUT2D eigenvalue weighted by molar-refractivity contribution is -0.138. The number of carbonyl (C=O) groups excluding carboxylic acids is 2. The van der Waals surface area contributed by atoms with Crippen LogP contribution in [0.15, 0.2) is 23.3 Å². The van der Waals surface area contributed by atoms with E-state index in [2.05, 4.69) is 0 Å². The predicted octanol–water partition coefficient (Wildman–Crippen LogP) is 2.15. The second-order valence-corrected chi connectivity index (χ2v) is 3.70. The first-order chi connectivity index (χ1) is 8.17. The fourth-order valence-corrected chi connectivity index (χ4v) is 1.77. The van der Waals surface area contributed by atoms with Gasteiger partial charge in [-0.1, -0.05) is 0 Å². The van der Waals surface area contributed by atoms with Gasteiger partial charge in [0.1, 0.15) is 0 Å². The Morgan fingerprint density at radius 3 is 1.76 bits per heavy atom. The van der Waals surface area contributed by atoms with Crippen LogP contribution in [0.2, 0.25) is 0 Å². The minimum Gasteiger partial charge on any atom is -0.463 e. The molecule has 1 saturated carbocycles. The SMILES string of the molecule is CCOC(=O)/C=C1/CCC/C1=C\C(=O)OCC. The molecule has 0 aromatic heterocycles. The number of ether oxygens (including phenoxy) is 2. The minimum absolute atomic E-state index is 0.348. The Kier molecular flexibility index (Phi) is 5.46. The highest BCUT2D eigenvalue weighted by Crippen LogP contribution is 2.30. The molecule has 0 saturated heterocycles. The van der Waals surface area contributed by atoms with Crippen LogP contribution in [0.25, 0.3) is 0 Å². The normalized spacial score (nSPS) is 19.6. The van der Waals surface area contributed by atoms with Crippen LogP contribution in [0.1, 0.15) is 33.1 Å². The zero-order chi connectivity index (χ0) is 12.7. The first kappa shape index (κ1) is 13.5. The predicted molar refractivity (Wildman–Crippen MR) is 63.3 cm³/mol. The molecule has 0 atom stereocenters. The van der Waals surface area contributed by atoms with Gasteiger partial charge in [0.15, 0.2) is 0 Å². The van der Waals surface area contributed by atoms with E-state index < -0.39 is 0 Å². The summed E-state index contributed by atoms with van der Waals surface area (Å²) < 4.78 is 9.69. The summed E-state index contributed by atoms with van der Waals surface area (Å²) in [6.07, 6.45) is 5.52. The van der Waals surface area contributed by atoms with Crippen molar-refractivity contribution in [1.82, 2.24) is 0 Å².